The van der Waals surface area contributed by atoms with E-state index in [0.29, 0.717) is 17.6 Å². The van der Waals surface area contributed by atoms with Gasteiger partial charge in [0, 0.05) is 30.6 Å². The summed E-state index contributed by atoms with van der Waals surface area (Å²) in [7, 11) is 0. The monoisotopic (exact) mass is 347 g/mol. The van der Waals surface area contributed by atoms with Crippen molar-refractivity contribution in [2.45, 2.75) is 0 Å². The molecule has 0 atom stereocenters. The van der Waals surface area contributed by atoms with Crippen molar-refractivity contribution in [2.24, 2.45) is 5.10 Å². The second-order valence-electron chi connectivity index (χ2n) is 5.29. The normalized spacial score (nSPS) is 15.7. The van der Waals surface area contributed by atoms with E-state index in [9.17, 15) is 0 Å². The van der Waals surface area contributed by atoms with Crippen LogP contribution < -0.4 is 15.9 Å². The number of nitrogens with zero attached hydrogens (tertiary/aromatic N) is 3. The Bertz CT molecular complexity index is 670. The summed E-state index contributed by atoms with van der Waals surface area (Å²) in [6.07, 6.45) is 1.72. The van der Waals surface area contributed by atoms with E-state index < -0.39 is 0 Å². The molecule has 1 fully saturated rings. The van der Waals surface area contributed by atoms with Crippen LogP contribution >= 0.6 is 11.3 Å². The van der Waals surface area contributed by atoms with Crippen LogP contribution in [0.5, 0.6) is 5.75 Å². The summed E-state index contributed by atoms with van der Waals surface area (Å²) >= 11 is 1.41. The van der Waals surface area contributed by atoms with E-state index in [1.165, 1.54) is 11.3 Å². The minimum absolute atomic E-state index is 0.490. The zero-order valence-corrected chi connectivity index (χ0v) is 14.2. The topological polar surface area (TPSA) is 85.0 Å². The molecule has 1 aliphatic rings. The van der Waals surface area contributed by atoms with Crippen molar-refractivity contribution >= 4 is 28.5 Å². The van der Waals surface area contributed by atoms with Gasteiger partial charge >= 0.3 is 0 Å². The number of benzene rings is 1. The van der Waals surface area contributed by atoms with Crippen molar-refractivity contribution in [1.82, 2.24) is 9.88 Å². The summed E-state index contributed by atoms with van der Waals surface area (Å²) in [5.74, 6) is 1.31. The molecule has 0 radical (unpaired) electrons. The number of hydrogen-bond donors (Lipinski definition) is 2. The predicted octanol–water partition coefficient (Wildman–Crippen LogP) is 1.88. The summed E-state index contributed by atoms with van der Waals surface area (Å²) in [6, 6.07) is 7.82. The Hall–Kier alpha value is -2.16. The largest absolute Gasteiger partial charge is 0.492 e. The van der Waals surface area contributed by atoms with Gasteiger partial charge in [-0.25, -0.2) is 4.98 Å². The maximum absolute atomic E-state index is 5.91. The Morgan fingerprint density at radius 1 is 1.38 bits per heavy atom. The summed E-state index contributed by atoms with van der Waals surface area (Å²) in [4.78, 5) is 6.43. The maximum atomic E-state index is 5.91. The lowest BCUT2D eigenvalue weighted by Gasteiger charge is -2.26. The number of thiazole rings is 1. The molecule has 1 saturated heterocycles. The fraction of sp³-hybridized carbons (Fsp3) is 0.375. The molecule has 7 nitrogen and oxygen atoms in total. The SMILES string of the molecule is Nc1csc(NN=Cc2ccccc2OCCN2CCOCC2)n1. The molecule has 0 amide bonds. The Balaban J connectivity index is 1.52. The summed E-state index contributed by atoms with van der Waals surface area (Å²) in [5, 5.41) is 6.62. The van der Waals surface area contributed by atoms with E-state index in [4.69, 9.17) is 15.2 Å². The van der Waals surface area contributed by atoms with E-state index in [1.807, 2.05) is 24.3 Å². The molecule has 0 bridgehead atoms. The highest BCUT2D eigenvalue weighted by atomic mass is 32.1. The Morgan fingerprint density at radius 2 is 2.21 bits per heavy atom. The van der Waals surface area contributed by atoms with Crippen LogP contribution in [0.3, 0.4) is 0 Å². The van der Waals surface area contributed by atoms with Gasteiger partial charge in [-0.15, -0.1) is 11.3 Å². The number of ether oxygens (including phenoxy) is 2. The second-order valence-corrected chi connectivity index (χ2v) is 6.15. The van der Waals surface area contributed by atoms with Crippen molar-refractivity contribution in [3.63, 3.8) is 0 Å². The van der Waals surface area contributed by atoms with Gasteiger partial charge in [0.1, 0.15) is 18.2 Å². The Kier molecular flexibility index (Phi) is 6.00. The minimum Gasteiger partial charge on any atom is -0.492 e. The number of hydrazone groups is 1. The Morgan fingerprint density at radius 3 is 3.00 bits per heavy atom. The number of morpholine rings is 1. The number of aromatic nitrogens is 1. The summed E-state index contributed by atoms with van der Waals surface area (Å²) < 4.78 is 11.3. The van der Waals surface area contributed by atoms with Crippen LogP contribution in [0.15, 0.2) is 34.7 Å². The first-order chi connectivity index (χ1) is 11.8. The fourth-order valence-electron chi connectivity index (χ4n) is 2.32. The molecule has 0 saturated carbocycles. The highest BCUT2D eigenvalue weighted by Gasteiger charge is 2.10. The molecule has 3 rings (SSSR count). The van der Waals surface area contributed by atoms with Gasteiger partial charge in [0.2, 0.25) is 5.13 Å². The molecule has 0 aliphatic carbocycles. The highest BCUT2D eigenvalue weighted by Crippen LogP contribution is 2.18. The van der Waals surface area contributed by atoms with Crippen LogP contribution in [-0.4, -0.2) is 55.6 Å². The molecule has 24 heavy (non-hydrogen) atoms. The van der Waals surface area contributed by atoms with Crippen LogP contribution in [-0.2, 0) is 4.74 Å². The van der Waals surface area contributed by atoms with Gasteiger partial charge < -0.3 is 15.2 Å². The molecule has 3 N–H and O–H groups in total. The third kappa shape index (κ3) is 4.92. The molecular formula is C16H21N5O2S. The molecule has 2 heterocycles. The molecular weight excluding hydrogens is 326 g/mol. The quantitative estimate of drug-likeness (QED) is 0.588. The first-order valence-corrected chi connectivity index (χ1v) is 8.71. The summed E-state index contributed by atoms with van der Waals surface area (Å²) in [5.41, 5.74) is 9.36. The molecule has 128 valence electrons. The zero-order valence-electron chi connectivity index (χ0n) is 13.4. The molecule has 0 unspecified atom stereocenters. The molecule has 1 aromatic heterocycles. The number of para-hydroxylation sites is 1. The van der Waals surface area contributed by atoms with Crippen molar-refractivity contribution < 1.29 is 9.47 Å². The minimum atomic E-state index is 0.490. The van der Waals surface area contributed by atoms with Crippen LogP contribution in [0.1, 0.15) is 5.56 Å². The van der Waals surface area contributed by atoms with Crippen LogP contribution in [0.25, 0.3) is 0 Å². The molecule has 1 aromatic carbocycles. The van der Waals surface area contributed by atoms with E-state index in [1.54, 1.807) is 11.6 Å². The lowest BCUT2D eigenvalue weighted by atomic mass is 10.2. The second kappa shape index (κ2) is 8.62. The van der Waals surface area contributed by atoms with Gasteiger partial charge in [0.05, 0.1) is 19.4 Å². The molecule has 2 aromatic rings. The average Bonchev–Trinajstić information content (AvgIpc) is 3.02. The van der Waals surface area contributed by atoms with Crippen molar-refractivity contribution in [3.8, 4) is 5.75 Å². The van der Waals surface area contributed by atoms with E-state index in [-0.39, 0.29) is 0 Å². The van der Waals surface area contributed by atoms with Crippen LogP contribution in [0, 0.1) is 0 Å². The lowest BCUT2D eigenvalue weighted by molar-refractivity contribution is 0.0322. The van der Waals surface area contributed by atoms with Crippen LogP contribution in [0.4, 0.5) is 10.9 Å². The number of rotatable bonds is 7. The zero-order chi connectivity index (χ0) is 16.6. The number of anilines is 2. The average molecular weight is 347 g/mol. The lowest BCUT2D eigenvalue weighted by Crippen LogP contribution is -2.38. The van der Waals surface area contributed by atoms with Gasteiger partial charge in [0.25, 0.3) is 0 Å². The first kappa shape index (κ1) is 16.7. The van der Waals surface area contributed by atoms with Crippen molar-refractivity contribution in [1.29, 1.82) is 0 Å². The van der Waals surface area contributed by atoms with Gasteiger partial charge in [0.15, 0.2) is 0 Å². The van der Waals surface area contributed by atoms with Crippen molar-refractivity contribution in [2.75, 3.05) is 50.6 Å². The number of nitrogens with two attached hydrogens (primary N) is 1. The third-order valence-corrected chi connectivity index (χ3v) is 4.34. The van der Waals surface area contributed by atoms with E-state index in [2.05, 4.69) is 20.4 Å². The van der Waals surface area contributed by atoms with Crippen LogP contribution in [0.2, 0.25) is 0 Å². The third-order valence-electron chi connectivity index (χ3n) is 3.57. The van der Waals surface area contributed by atoms with Crippen molar-refractivity contribution in [3.05, 3.63) is 35.2 Å². The Labute approximate surface area is 145 Å². The number of hydrogen-bond acceptors (Lipinski definition) is 8. The smallest absolute Gasteiger partial charge is 0.205 e. The molecule has 0 spiro atoms. The predicted molar refractivity (Wildman–Crippen MR) is 96.9 cm³/mol. The first-order valence-electron chi connectivity index (χ1n) is 7.83. The van der Waals surface area contributed by atoms with Gasteiger partial charge in [-0.1, -0.05) is 12.1 Å². The van der Waals surface area contributed by atoms with E-state index in [0.717, 1.165) is 44.2 Å². The maximum Gasteiger partial charge on any atom is 0.205 e. The molecule has 1 aliphatic heterocycles. The summed E-state index contributed by atoms with van der Waals surface area (Å²) in [6.45, 7) is 5.07. The fourth-order valence-corrected chi connectivity index (χ4v) is 2.87. The van der Waals surface area contributed by atoms with Gasteiger partial charge in [-0.2, -0.15) is 5.10 Å². The highest BCUT2D eigenvalue weighted by molar-refractivity contribution is 7.14. The molecule has 8 heteroatoms. The number of nitrogens with one attached hydrogen (secondary N) is 1. The standard InChI is InChI=1S/C16H21N5O2S/c17-15-12-24-16(19-15)20-18-11-13-3-1-2-4-14(13)23-10-7-21-5-8-22-9-6-21/h1-4,11-12H,5-10,17H2,(H,19,20). The number of nitrogen functional groups attached to an aromatic ring is 1. The van der Waals surface area contributed by atoms with Gasteiger partial charge in [-0.05, 0) is 12.1 Å². The van der Waals surface area contributed by atoms with E-state index >= 15 is 0 Å². The van der Waals surface area contributed by atoms with Gasteiger partial charge in [-0.3, -0.25) is 10.3 Å².